The smallest absolute Gasteiger partial charge is 0.257 e. The summed E-state index contributed by atoms with van der Waals surface area (Å²) >= 11 is 14.7. The third-order valence-corrected chi connectivity index (χ3v) is 4.95. The highest BCUT2D eigenvalue weighted by molar-refractivity contribution is 9.10. The molecule has 0 radical (unpaired) electrons. The molecule has 7 heteroatoms. The van der Waals surface area contributed by atoms with Crippen LogP contribution < -0.4 is 15.4 Å². The summed E-state index contributed by atoms with van der Waals surface area (Å²) < 4.78 is 6.49. The quantitative estimate of drug-likeness (QED) is 0.357. The summed E-state index contributed by atoms with van der Waals surface area (Å²) in [6, 6.07) is 12.4. The molecule has 144 valence electrons. The highest BCUT2D eigenvalue weighted by atomic mass is 79.9. The number of rotatable bonds is 8. The Balaban J connectivity index is 1.89. The molecule has 1 amide bonds. The fraction of sp³-hybridized carbons (Fsp3) is 0.300. The molecule has 0 saturated carbocycles. The fourth-order valence-corrected chi connectivity index (χ4v) is 3.24. The zero-order chi connectivity index (χ0) is 19.6. The Kier molecular flexibility index (Phi) is 9.04. The van der Waals surface area contributed by atoms with Gasteiger partial charge < -0.3 is 10.1 Å². The van der Waals surface area contributed by atoms with Gasteiger partial charge in [-0.3, -0.25) is 10.1 Å². The van der Waals surface area contributed by atoms with Gasteiger partial charge in [-0.05, 0) is 64.9 Å². The number of benzene rings is 2. The van der Waals surface area contributed by atoms with Crippen molar-refractivity contribution in [2.45, 2.75) is 32.6 Å². The number of carbonyl (C=O) groups is 1. The van der Waals surface area contributed by atoms with Crippen LogP contribution in [-0.2, 0) is 0 Å². The Hall–Kier alpha value is -1.63. The molecular formula is C20H22BrClN2O2S. The van der Waals surface area contributed by atoms with Crippen molar-refractivity contribution < 1.29 is 9.53 Å². The molecule has 0 saturated heterocycles. The van der Waals surface area contributed by atoms with E-state index in [0.29, 0.717) is 22.9 Å². The van der Waals surface area contributed by atoms with Crippen LogP contribution in [0.25, 0.3) is 0 Å². The van der Waals surface area contributed by atoms with E-state index in [2.05, 4.69) is 33.5 Å². The number of ether oxygens (including phenoxy) is 1. The second kappa shape index (κ2) is 11.3. The van der Waals surface area contributed by atoms with Crippen molar-refractivity contribution in [3.63, 3.8) is 0 Å². The first-order chi connectivity index (χ1) is 13.0. The normalized spacial score (nSPS) is 10.3. The lowest BCUT2D eigenvalue weighted by Gasteiger charge is -2.12. The maximum absolute atomic E-state index is 12.4. The fourth-order valence-electron chi connectivity index (χ4n) is 2.36. The van der Waals surface area contributed by atoms with E-state index < -0.39 is 0 Å². The van der Waals surface area contributed by atoms with Gasteiger partial charge in [0.15, 0.2) is 5.11 Å². The highest BCUT2D eigenvalue weighted by Crippen LogP contribution is 2.26. The third-order valence-electron chi connectivity index (χ3n) is 3.80. The van der Waals surface area contributed by atoms with E-state index >= 15 is 0 Å². The van der Waals surface area contributed by atoms with Crippen molar-refractivity contribution in [3.05, 3.63) is 57.5 Å². The lowest BCUT2D eigenvalue weighted by Crippen LogP contribution is -2.34. The summed E-state index contributed by atoms with van der Waals surface area (Å²) in [5.74, 6) is 0.412. The summed E-state index contributed by atoms with van der Waals surface area (Å²) in [4.78, 5) is 12.4. The molecule has 0 aliphatic carbocycles. The summed E-state index contributed by atoms with van der Waals surface area (Å²) in [6.45, 7) is 2.84. The molecule has 2 aromatic carbocycles. The average molecular weight is 470 g/mol. The standard InChI is InChI=1S/C20H22BrClN2O2S/c1-2-3-4-7-12-26-18-11-10-14(13-15(18)21)19(25)24-20(27)23-17-9-6-5-8-16(17)22/h5-6,8-11,13H,2-4,7,12H2,1H3,(H2,23,24,25,27). The van der Waals surface area contributed by atoms with Crippen LogP contribution in [0.4, 0.5) is 5.69 Å². The van der Waals surface area contributed by atoms with E-state index in [4.69, 9.17) is 28.6 Å². The van der Waals surface area contributed by atoms with Gasteiger partial charge in [-0.1, -0.05) is 49.9 Å². The highest BCUT2D eigenvalue weighted by Gasteiger charge is 2.11. The topological polar surface area (TPSA) is 50.4 Å². The van der Waals surface area contributed by atoms with Crippen molar-refractivity contribution in [1.82, 2.24) is 5.32 Å². The van der Waals surface area contributed by atoms with Crippen LogP contribution in [-0.4, -0.2) is 17.6 Å². The van der Waals surface area contributed by atoms with Gasteiger partial charge in [0.25, 0.3) is 5.91 Å². The average Bonchev–Trinajstić information content (AvgIpc) is 2.64. The summed E-state index contributed by atoms with van der Waals surface area (Å²) in [6.07, 6.45) is 4.58. The Labute approximate surface area is 178 Å². The predicted octanol–water partition coefficient (Wildman–Crippen LogP) is 6.19. The first-order valence-corrected chi connectivity index (χ1v) is 10.4. The molecule has 0 heterocycles. The van der Waals surface area contributed by atoms with Crippen LogP contribution in [0, 0.1) is 0 Å². The number of hydrogen-bond acceptors (Lipinski definition) is 3. The van der Waals surface area contributed by atoms with Gasteiger partial charge in [-0.2, -0.15) is 0 Å². The zero-order valence-electron chi connectivity index (χ0n) is 15.1. The maximum atomic E-state index is 12.4. The van der Waals surface area contributed by atoms with E-state index in [1.807, 2.05) is 12.1 Å². The van der Waals surface area contributed by atoms with Gasteiger partial charge in [-0.25, -0.2) is 0 Å². The van der Waals surface area contributed by atoms with Gasteiger partial charge in [0.1, 0.15) is 5.75 Å². The largest absolute Gasteiger partial charge is 0.492 e. The van der Waals surface area contributed by atoms with E-state index in [9.17, 15) is 4.79 Å². The minimum absolute atomic E-state index is 0.181. The molecule has 0 atom stereocenters. The lowest BCUT2D eigenvalue weighted by atomic mass is 10.2. The Morgan fingerprint density at radius 1 is 1.19 bits per heavy atom. The van der Waals surface area contributed by atoms with Gasteiger partial charge in [0.05, 0.1) is 21.8 Å². The van der Waals surface area contributed by atoms with E-state index in [-0.39, 0.29) is 11.0 Å². The molecule has 0 unspecified atom stereocenters. The monoisotopic (exact) mass is 468 g/mol. The number of thiocarbonyl (C=S) groups is 1. The van der Waals surface area contributed by atoms with Gasteiger partial charge in [-0.15, -0.1) is 0 Å². The van der Waals surface area contributed by atoms with Crippen molar-refractivity contribution in [1.29, 1.82) is 0 Å². The van der Waals surface area contributed by atoms with E-state index in [0.717, 1.165) is 23.1 Å². The van der Waals surface area contributed by atoms with Crippen molar-refractivity contribution in [3.8, 4) is 5.75 Å². The molecule has 4 nitrogen and oxygen atoms in total. The maximum Gasteiger partial charge on any atom is 0.257 e. The number of anilines is 1. The molecule has 2 rings (SSSR count). The second-order valence-electron chi connectivity index (χ2n) is 5.94. The Morgan fingerprint density at radius 2 is 1.96 bits per heavy atom. The second-order valence-corrected chi connectivity index (χ2v) is 7.61. The van der Waals surface area contributed by atoms with Gasteiger partial charge >= 0.3 is 0 Å². The number of para-hydroxylation sites is 1. The molecule has 0 aliphatic heterocycles. The lowest BCUT2D eigenvalue weighted by molar-refractivity contribution is 0.0977. The molecule has 0 spiro atoms. The minimum Gasteiger partial charge on any atom is -0.492 e. The van der Waals surface area contributed by atoms with Crippen LogP contribution in [0.15, 0.2) is 46.9 Å². The number of carbonyl (C=O) groups excluding carboxylic acids is 1. The van der Waals surface area contributed by atoms with Gasteiger partial charge in [0.2, 0.25) is 0 Å². The number of amides is 1. The van der Waals surface area contributed by atoms with E-state index in [1.54, 1.807) is 30.3 Å². The van der Waals surface area contributed by atoms with Crippen molar-refractivity contribution in [2.24, 2.45) is 0 Å². The van der Waals surface area contributed by atoms with Crippen molar-refractivity contribution in [2.75, 3.05) is 11.9 Å². The summed E-state index contributed by atoms with van der Waals surface area (Å²) in [7, 11) is 0. The molecular weight excluding hydrogens is 448 g/mol. The zero-order valence-corrected chi connectivity index (χ0v) is 18.2. The van der Waals surface area contributed by atoms with Crippen LogP contribution in [0.1, 0.15) is 43.0 Å². The van der Waals surface area contributed by atoms with Crippen LogP contribution in [0.2, 0.25) is 5.02 Å². The SMILES string of the molecule is CCCCCCOc1ccc(C(=O)NC(=S)Nc2ccccc2Cl)cc1Br. The first kappa shape index (κ1) is 21.7. The molecule has 0 aliphatic rings. The Bertz CT molecular complexity index is 801. The number of unbranched alkanes of at least 4 members (excludes halogenated alkanes) is 3. The van der Waals surface area contributed by atoms with Gasteiger partial charge in [0, 0.05) is 5.56 Å². The van der Waals surface area contributed by atoms with Crippen molar-refractivity contribution >= 4 is 56.5 Å². The first-order valence-electron chi connectivity index (χ1n) is 8.80. The van der Waals surface area contributed by atoms with Crippen LogP contribution in [0.5, 0.6) is 5.75 Å². The molecule has 27 heavy (non-hydrogen) atoms. The molecule has 0 aromatic heterocycles. The summed E-state index contributed by atoms with van der Waals surface area (Å²) in [5.41, 5.74) is 1.11. The number of hydrogen-bond donors (Lipinski definition) is 2. The summed E-state index contributed by atoms with van der Waals surface area (Å²) in [5, 5.41) is 6.26. The minimum atomic E-state index is -0.310. The molecule has 2 N–H and O–H groups in total. The van der Waals surface area contributed by atoms with E-state index in [1.165, 1.54) is 12.8 Å². The Morgan fingerprint density at radius 3 is 2.67 bits per heavy atom. The number of halogens is 2. The third kappa shape index (κ3) is 7.13. The molecule has 0 bridgehead atoms. The van der Waals surface area contributed by atoms with Crippen LogP contribution >= 0.6 is 39.7 Å². The predicted molar refractivity (Wildman–Crippen MR) is 119 cm³/mol. The molecule has 2 aromatic rings. The van der Waals surface area contributed by atoms with Crippen LogP contribution in [0.3, 0.4) is 0 Å². The molecule has 0 fully saturated rings. The number of nitrogens with one attached hydrogen (secondary N) is 2.